The van der Waals surface area contributed by atoms with E-state index in [4.69, 9.17) is 28.4 Å². The predicted molar refractivity (Wildman–Crippen MR) is 402 cm³/mol. The van der Waals surface area contributed by atoms with Crippen molar-refractivity contribution in [2.24, 2.45) is 88.8 Å². The Bertz CT molecular complexity index is 3830. The van der Waals surface area contributed by atoms with Gasteiger partial charge in [-0.2, -0.15) is 0 Å². The highest BCUT2D eigenvalue weighted by Gasteiger charge is 2.58. The molecule has 18 nitrogen and oxygen atoms in total. The number of benzene rings is 3. The van der Waals surface area contributed by atoms with Gasteiger partial charge in [-0.1, -0.05) is 72.8 Å². The number of cyclic esters (lactones) is 3. The van der Waals surface area contributed by atoms with E-state index in [1.165, 1.54) is 36.4 Å². The fourth-order valence-corrected chi connectivity index (χ4v) is 19.9. The lowest BCUT2D eigenvalue weighted by Crippen LogP contribution is -2.48. The van der Waals surface area contributed by atoms with Gasteiger partial charge >= 0.3 is 36.2 Å². The summed E-state index contributed by atoms with van der Waals surface area (Å²) in [5.74, 6) is 1.89. The number of amides is 3. The minimum atomic E-state index is -0.368. The van der Waals surface area contributed by atoms with E-state index in [-0.39, 0.29) is 143 Å². The first-order valence-corrected chi connectivity index (χ1v) is 38.9. The number of fused-ring (bicyclic) bond motifs is 6. The van der Waals surface area contributed by atoms with Crippen LogP contribution in [0.2, 0.25) is 0 Å². The number of rotatable bonds is 15. The van der Waals surface area contributed by atoms with Crippen molar-refractivity contribution in [2.75, 3.05) is 19.8 Å². The maximum Gasteiger partial charge on any atom is 0.407 e. The molecule has 3 aliphatic heterocycles. The number of nitrogens with one attached hydrogen (secondary N) is 3. The molecule has 6 aromatic rings. The largest absolute Gasteiger partial charge is 0.462 e. The average Bonchev–Trinajstić information content (AvgIpc) is 1.54. The summed E-state index contributed by atoms with van der Waals surface area (Å²) in [6.07, 6.45) is 27.2. The van der Waals surface area contributed by atoms with E-state index < -0.39 is 0 Å². The normalized spacial score (nSPS) is 31.4. The molecule has 3 saturated heterocycles. The number of carbonyl (C=O) groups is 6. The number of esters is 3. The number of hydrogen-bond acceptors (Lipinski definition) is 15. The van der Waals surface area contributed by atoms with Crippen LogP contribution in [0.15, 0.2) is 146 Å². The highest BCUT2D eigenvalue weighted by Crippen LogP contribution is 2.57. The third-order valence-electron chi connectivity index (χ3n) is 24.5. The SMILES string of the molecule is CCOC(=O)N[C@H]1CC[C@@H]2[C@@H](C1)C[C@H]1C(=O)O[C@H](C)[C@H]1[C@@H]2/C=C/c1ccc(-c2cccc(F)c2)cn1.CCOC(=O)N[C@H]1CC[C@@H]2[C@H](C1)C[C@@H]1C(=O)O[C@@H](C)[C@@H]1[C@H]2/C=C/c1ccc(-c2cccc(F)c2)cn1.CCOC(=O)N[C@H]1CC[C@@H]2[C@H](C1)C[C@H]1C(=O)O[C@@H](C)[C@@H]1[C@@H]2/C=C/c1ccc(-c2cccc(F)c2)cn1. The monoisotopic (exact) mass is 1480 g/mol. The number of pyridine rings is 3. The quantitative estimate of drug-likeness (QED) is 0.0641. The van der Waals surface area contributed by atoms with Crippen molar-refractivity contribution in [1.29, 1.82) is 0 Å². The van der Waals surface area contributed by atoms with Gasteiger partial charge in [-0.3, -0.25) is 29.3 Å². The number of alkyl carbamates (subject to hydrolysis) is 3. The Hall–Kier alpha value is -9.66. The number of aromatic nitrogens is 3. The number of allylic oxidation sites excluding steroid dienone is 3. The number of ether oxygens (including phenoxy) is 6. The molecule has 21 atom stereocenters. The van der Waals surface area contributed by atoms with E-state index in [1.807, 2.05) is 93.6 Å². The van der Waals surface area contributed by atoms with Gasteiger partial charge in [0.15, 0.2) is 0 Å². The van der Waals surface area contributed by atoms with E-state index in [0.717, 1.165) is 128 Å². The molecule has 3 N–H and O–H groups in total. The summed E-state index contributed by atoms with van der Waals surface area (Å²) in [7, 11) is 0. The van der Waals surface area contributed by atoms with Crippen molar-refractivity contribution in [2.45, 2.75) is 155 Å². The molecule has 15 rings (SSSR count). The second-order valence-corrected chi connectivity index (χ2v) is 30.8. The van der Waals surface area contributed by atoms with Crippen LogP contribution in [0.4, 0.5) is 27.6 Å². The van der Waals surface area contributed by atoms with Crippen molar-refractivity contribution >= 4 is 54.4 Å². The van der Waals surface area contributed by atoms with Gasteiger partial charge in [0.2, 0.25) is 0 Å². The second kappa shape index (κ2) is 34.7. The lowest BCUT2D eigenvalue weighted by Gasteiger charge is -2.47. The summed E-state index contributed by atoms with van der Waals surface area (Å²) in [6.45, 7) is 12.5. The van der Waals surface area contributed by atoms with Crippen LogP contribution in [-0.4, -0.2) is 107 Å². The summed E-state index contributed by atoms with van der Waals surface area (Å²) < 4.78 is 73.0. The van der Waals surface area contributed by atoms with Crippen LogP contribution in [0.1, 0.15) is 136 Å². The summed E-state index contributed by atoms with van der Waals surface area (Å²) >= 11 is 0. The smallest absolute Gasteiger partial charge is 0.407 e. The first-order valence-electron chi connectivity index (χ1n) is 38.9. The van der Waals surface area contributed by atoms with E-state index in [0.29, 0.717) is 55.3 Å². The summed E-state index contributed by atoms with van der Waals surface area (Å²) in [6, 6.07) is 31.3. The summed E-state index contributed by atoms with van der Waals surface area (Å²) in [5, 5.41) is 9.00. The molecule has 3 aromatic carbocycles. The van der Waals surface area contributed by atoms with Crippen LogP contribution in [-0.2, 0) is 42.8 Å². The Morgan fingerprint density at radius 2 is 0.694 bits per heavy atom. The molecule has 3 amide bonds. The van der Waals surface area contributed by atoms with Crippen LogP contribution < -0.4 is 16.0 Å². The van der Waals surface area contributed by atoms with Crippen molar-refractivity contribution in [1.82, 2.24) is 30.9 Å². The first kappa shape index (κ1) is 76.5. The maximum absolute atomic E-state index is 13.6. The Morgan fingerprint density at radius 1 is 0.407 bits per heavy atom. The number of halogens is 3. The van der Waals surface area contributed by atoms with Crippen molar-refractivity contribution in [3.05, 3.63) is 181 Å². The van der Waals surface area contributed by atoms with Crippen LogP contribution in [0, 0.1) is 106 Å². The molecule has 0 radical (unpaired) electrons. The summed E-state index contributed by atoms with van der Waals surface area (Å²) in [5.41, 5.74) is 7.43. The molecular weight excluding hydrogens is 1380 g/mol. The fourth-order valence-electron chi connectivity index (χ4n) is 19.9. The van der Waals surface area contributed by atoms with Gasteiger partial charge in [-0.15, -0.1) is 0 Å². The highest BCUT2D eigenvalue weighted by molar-refractivity contribution is 5.78. The average molecular weight is 1480 g/mol. The van der Waals surface area contributed by atoms with E-state index in [1.54, 1.807) is 57.6 Å². The molecule has 6 heterocycles. The fraction of sp³-hybridized carbons (Fsp3) is 0.483. The van der Waals surface area contributed by atoms with Gasteiger partial charge in [-0.25, -0.2) is 27.6 Å². The summed E-state index contributed by atoms with van der Waals surface area (Å²) in [4.78, 5) is 87.7. The molecule has 570 valence electrons. The molecule has 6 saturated carbocycles. The van der Waals surface area contributed by atoms with E-state index in [2.05, 4.69) is 49.1 Å². The minimum absolute atomic E-state index is 0.0679. The van der Waals surface area contributed by atoms with Gasteiger partial charge in [0.05, 0.1) is 54.7 Å². The van der Waals surface area contributed by atoms with Gasteiger partial charge in [0, 0.05) is 71.2 Å². The van der Waals surface area contributed by atoms with E-state index in [9.17, 15) is 41.9 Å². The lowest BCUT2D eigenvalue weighted by atomic mass is 9.57. The van der Waals surface area contributed by atoms with Gasteiger partial charge in [-0.05, 0) is 261 Å². The number of nitrogens with zero attached hydrogens (tertiary/aromatic N) is 3. The van der Waals surface area contributed by atoms with Gasteiger partial charge in [0.25, 0.3) is 0 Å². The van der Waals surface area contributed by atoms with Gasteiger partial charge in [0.1, 0.15) is 35.8 Å². The van der Waals surface area contributed by atoms with Crippen molar-refractivity contribution in [3.63, 3.8) is 0 Å². The Kier molecular flexibility index (Phi) is 24.6. The topological polar surface area (TPSA) is 233 Å². The zero-order valence-corrected chi connectivity index (χ0v) is 62.2. The third kappa shape index (κ3) is 17.9. The molecule has 9 aliphatic rings. The lowest BCUT2D eigenvalue weighted by molar-refractivity contribution is -0.145. The van der Waals surface area contributed by atoms with Crippen molar-refractivity contribution < 1.29 is 70.4 Å². The van der Waals surface area contributed by atoms with E-state index >= 15 is 0 Å². The molecule has 0 unspecified atom stereocenters. The first-order chi connectivity index (χ1) is 52.3. The predicted octanol–water partition coefficient (Wildman–Crippen LogP) is 16.9. The second-order valence-electron chi connectivity index (χ2n) is 30.8. The zero-order chi connectivity index (χ0) is 75.7. The van der Waals surface area contributed by atoms with Gasteiger partial charge < -0.3 is 44.4 Å². The van der Waals surface area contributed by atoms with Crippen LogP contribution in [0.5, 0.6) is 0 Å². The maximum atomic E-state index is 13.6. The Morgan fingerprint density at radius 3 is 0.944 bits per heavy atom. The molecular formula is C87H99F3N6O12. The third-order valence-corrected chi connectivity index (χ3v) is 24.5. The number of hydrogen-bond donors (Lipinski definition) is 3. The molecule has 108 heavy (non-hydrogen) atoms. The molecule has 21 heteroatoms. The molecule has 6 aliphatic carbocycles. The number of carbonyl (C=O) groups excluding carboxylic acids is 6. The molecule has 0 spiro atoms. The Balaban J connectivity index is 0.000000143. The minimum Gasteiger partial charge on any atom is -0.462 e. The Labute approximate surface area is 630 Å². The van der Waals surface area contributed by atoms with Crippen LogP contribution >= 0.6 is 0 Å². The van der Waals surface area contributed by atoms with Crippen LogP contribution in [0.25, 0.3) is 51.6 Å². The highest BCUT2D eigenvalue weighted by atomic mass is 19.1. The van der Waals surface area contributed by atoms with Crippen molar-refractivity contribution in [3.8, 4) is 33.4 Å². The molecule has 3 aromatic heterocycles. The standard InChI is InChI=1S/3C29H33FN2O4/c3*1-3-35-29(34)32-23-10-11-24-20(14-23)15-26-27(17(2)36-28(26)33)25(24)12-9-22-8-7-19(16-31-22)18-5-4-6-21(30)13-18/h3*4-9,12-13,16-17,20,23-27H,3,10-11,14-15H2,1-2H3,(H,32,34)/b3*12-9+/t17-,20+,23+,24-,25-,26-,27+;17-,20+,23-,24+,25+,26+,27+;17-,20+,23-,24+,25-,26-,27+/m100/s1. The molecule has 9 fully saturated rings. The zero-order valence-electron chi connectivity index (χ0n) is 62.2. The van der Waals surface area contributed by atoms with Crippen LogP contribution in [0.3, 0.4) is 0 Å². The molecule has 0 bridgehead atoms.